The molecule has 1 aromatic heterocycles. The van der Waals surface area contributed by atoms with Crippen molar-refractivity contribution in [2.45, 2.75) is 26.3 Å². The highest BCUT2D eigenvalue weighted by Gasteiger charge is 2.27. The Balaban J connectivity index is 2.43. The number of benzene rings is 1. The first-order chi connectivity index (χ1) is 8.57. The Hall–Kier alpha value is -1.68. The number of rotatable bonds is 4. The maximum atomic E-state index is 5.90. The van der Waals surface area contributed by atoms with Gasteiger partial charge in [-0.25, -0.2) is 0 Å². The van der Waals surface area contributed by atoms with Crippen LogP contribution in [0, 0.1) is 5.92 Å². The Morgan fingerprint density at radius 2 is 2.06 bits per heavy atom. The molecule has 2 rings (SSSR count). The van der Waals surface area contributed by atoms with E-state index in [1.165, 1.54) is 0 Å². The summed E-state index contributed by atoms with van der Waals surface area (Å²) in [7, 11) is 0. The largest absolute Gasteiger partial charge is 0.377 e. The van der Waals surface area contributed by atoms with Crippen molar-refractivity contribution < 1.29 is 0 Å². The van der Waals surface area contributed by atoms with Crippen LogP contribution in [0.2, 0.25) is 0 Å². The van der Waals surface area contributed by atoms with Crippen LogP contribution in [0.1, 0.15) is 20.8 Å². The first-order valence-corrected chi connectivity index (χ1v) is 6.25. The molecule has 1 unspecified atom stereocenters. The van der Waals surface area contributed by atoms with E-state index in [0.29, 0.717) is 12.5 Å². The molecular weight excluding hydrogens is 224 g/mol. The molecule has 3 N–H and O–H groups in total. The molecule has 0 bridgehead atoms. The normalized spacial score (nSPS) is 14.7. The molecule has 0 fully saturated rings. The van der Waals surface area contributed by atoms with E-state index in [-0.39, 0.29) is 5.54 Å². The van der Waals surface area contributed by atoms with Gasteiger partial charge in [0, 0.05) is 17.5 Å². The fourth-order valence-electron chi connectivity index (χ4n) is 1.85. The third-order valence-corrected chi connectivity index (χ3v) is 3.67. The summed E-state index contributed by atoms with van der Waals surface area (Å²) >= 11 is 0. The van der Waals surface area contributed by atoms with Crippen molar-refractivity contribution in [3.05, 3.63) is 30.5 Å². The highest BCUT2D eigenvalue weighted by atomic mass is 15.1. The van der Waals surface area contributed by atoms with Gasteiger partial charge in [0.15, 0.2) is 0 Å². The molecule has 1 heterocycles. The summed E-state index contributed by atoms with van der Waals surface area (Å²) in [6, 6.07) is 7.97. The standard InChI is InChI=1S/C14H20N4/c1-10(2)14(3,9-15)17-13-8-16-18-12-7-5-4-6-11(12)13/h4-8,10H,9,15H2,1-3H3,(H,17,18). The molecule has 4 nitrogen and oxygen atoms in total. The van der Waals surface area contributed by atoms with Gasteiger partial charge in [-0.3, -0.25) is 0 Å². The molecule has 96 valence electrons. The van der Waals surface area contributed by atoms with Crippen LogP contribution < -0.4 is 11.1 Å². The Kier molecular flexibility index (Phi) is 3.48. The van der Waals surface area contributed by atoms with Crippen molar-refractivity contribution in [2.24, 2.45) is 11.7 Å². The Morgan fingerprint density at radius 3 is 2.72 bits per heavy atom. The van der Waals surface area contributed by atoms with E-state index < -0.39 is 0 Å². The zero-order valence-corrected chi connectivity index (χ0v) is 11.1. The third kappa shape index (κ3) is 2.29. The van der Waals surface area contributed by atoms with Gasteiger partial charge in [0.1, 0.15) is 0 Å². The molecule has 0 spiro atoms. The lowest BCUT2D eigenvalue weighted by Gasteiger charge is -2.34. The molecular formula is C14H20N4. The molecule has 0 aliphatic carbocycles. The van der Waals surface area contributed by atoms with Gasteiger partial charge in [0.05, 0.1) is 17.4 Å². The van der Waals surface area contributed by atoms with Gasteiger partial charge in [0.25, 0.3) is 0 Å². The molecule has 2 aromatic rings. The highest BCUT2D eigenvalue weighted by molar-refractivity contribution is 5.90. The van der Waals surface area contributed by atoms with Crippen molar-refractivity contribution in [3.8, 4) is 0 Å². The van der Waals surface area contributed by atoms with Gasteiger partial charge in [-0.2, -0.15) is 10.2 Å². The molecule has 4 heteroatoms. The molecule has 0 saturated carbocycles. The second-order valence-electron chi connectivity index (χ2n) is 5.18. The topological polar surface area (TPSA) is 63.8 Å². The Labute approximate surface area is 108 Å². The number of hydrogen-bond donors (Lipinski definition) is 2. The van der Waals surface area contributed by atoms with Gasteiger partial charge in [0.2, 0.25) is 0 Å². The number of hydrogen-bond acceptors (Lipinski definition) is 4. The molecule has 0 amide bonds. The Bertz CT molecular complexity index is 533. The number of anilines is 1. The van der Waals surface area contributed by atoms with Crippen LogP contribution in [0.5, 0.6) is 0 Å². The van der Waals surface area contributed by atoms with E-state index in [4.69, 9.17) is 5.73 Å². The lowest BCUT2D eigenvalue weighted by atomic mass is 9.88. The fraction of sp³-hybridized carbons (Fsp3) is 0.429. The summed E-state index contributed by atoms with van der Waals surface area (Å²) in [5.41, 5.74) is 7.64. The van der Waals surface area contributed by atoms with Gasteiger partial charge in [-0.05, 0) is 18.9 Å². The average molecular weight is 244 g/mol. The summed E-state index contributed by atoms with van der Waals surface area (Å²) in [6.45, 7) is 7.03. The van der Waals surface area contributed by atoms with Crippen LogP contribution in [-0.4, -0.2) is 22.3 Å². The predicted octanol–water partition coefficient (Wildman–Crippen LogP) is 2.42. The van der Waals surface area contributed by atoms with Crippen LogP contribution in [0.4, 0.5) is 5.69 Å². The summed E-state index contributed by atoms with van der Waals surface area (Å²) in [4.78, 5) is 0. The van der Waals surface area contributed by atoms with Crippen LogP contribution in [0.25, 0.3) is 10.9 Å². The third-order valence-electron chi connectivity index (χ3n) is 3.67. The van der Waals surface area contributed by atoms with E-state index in [0.717, 1.165) is 16.6 Å². The number of nitrogens with one attached hydrogen (secondary N) is 1. The minimum Gasteiger partial charge on any atom is -0.377 e. The van der Waals surface area contributed by atoms with Crippen LogP contribution in [0.3, 0.4) is 0 Å². The molecule has 1 atom stereocenters. The number of nitrogens with zero attached hydrogens (tertiary/aromatic N) is 2. The number of fused-ring (bicyclic) bond motifs is 1. The SMILES string of the molecule is CC(C)C(C)(CN)Nc1cnnc2ccccc12. The lowest BCUT2D eigenvalue weighted by Crippen LogP contribution is -2.47. The summed E-state index contributed by atoms with van der Waals surface area (Å²) in [6.07, 6.45) is 1.76. The Morgan fingerprint density at radius 1 is 1.33 bits per heavy atom. The predicted molar refractivity (Wildman–Crippen MR) is 75.5 cm³/mol. The van der Waals surface area contributed by atoms with E-state index >= 15 is 0 Å². The van der Waals surface area contributed by atoms with Crippen LogP contribution in [-0.2, 0) is 0 Å². The highest BCUT2D eigenvalue weighted by Crippen LogP contribution is 2.26. The molecule has 0 aliphatic heterocycles. The molecule has 1 aromatic carbocycles. The van der Waals surface area contributed by atoms with Crippen molar-refractivity contribution in [2.75, 3.05) is 11.9 Å². The monoisotopic (exact) mass is 244 g/mol. The smallest absolute Gasteiger partial charge is 0.0950 e. The van der Waals surface area contributed by atoms with Crippen LogP contribution >= 0.6 is 0 Å². The summed E-state index contributed by atoms with van der Waals surface area (Å²) in [5.74, 6) is 0.425. The molecule has 0 aliphatic rings. The zero-order chi connectivity index (χ0) is 13.2. The maximum absolute atomic E-state index is 5.90. The van der Waals surface area contributed by atoms with Crippen LogP contribution in [0.15, 0.2) is 30.5 Å². The van der Waals surface area contributed by atoms with Crippen molar-refractivity contribution >= 4 is 16.6 Å². The second-order valence-corrected chi connectivity index (χ2v) is 5.18. The molecule has 0 saturated heterocycles. The van der Waals surface area contributed by atoms with Crippen molar-refractivity contribution in [1.82, 2.24) is 10.2 Å². The fourth-order valence-corrected chi connectivity index (χ4v) is 1.85. The lowest BCUT2D eigenvalue weighted by molar-refractivity contribution is 0.383. The number of aromatic nitrogens is 2. The quantitative estimate of drug-likeness (QED) is 0.867. The van der Waals surface area contributed by atoms with Crippen molar-refractivity contribution in [1.29, 1.82) is 0 Å². The van der Waals surface area contributed by atoms with E-state index in [1.54, 1.807) is 6.20 Å². The summed E-state index contributed by atoms with van der Waals surface area (Å²) < 4.78 is 0. The summed E-state index contributed by atoms with van der Waals surface area (Å²) in [5, 5.41) is 12.8. The van der Waals surface area contributed by atoms with Gasteiger partial charge >= 0.3 is 0 Å². The molecule has 0 radical (unpaired) electrons. The average Bonchev–Trinajstić information content (AvgIpc) is 2.39. The number of nitrogens with two attached hydrogens (primary N) is 1. The van der Waals surface area contributed by atoms with Gasteiger partial charge in [-0.15, -0.1) is 0 Å². The zero-order valence-electron chi connectivity index (χ0n) is 11.1. The maximum Gasteiger partial charge on any atom is 0.0950 e. The minimum absolute atomic E-state index is 0.147. The van der Waals surface area contributed by atoms with Gasteiger partial charge < -0.3 is 11.1 Å². The van der Waals surface area contributed by atoms with E-state index in [9.17, 15) is 0 Å². The van der Waals surface area contributed by atoms with E-state index in [1.807, 2.05) is 24.3 Å². The molecule has 18 heavy (non-hydrogen) atoms. The minimum atomic E-state index is -0.147. The van der Waals surface area contributed by atoms with Gasteiger partial charge in [-0.1, -0.05) is 32.0 Å². The van der Waals surface area contributed by atoms with Crippen molar-refractivity contribution in [3.63, 3.8) is 0 Å². The van der Waals surface area contributed by atoms with E-state index in [2.05, 4.69) is 36.3 Å². The first kappa shape index (κ1) is 12.8. The first-order valence-electron chi connectivity index (χ1n) is 6.25. The second kappa shape index (κ2) is 4.90.